The van der Waals surface area contributed by atoms with E-state index in [2.05, 4.69) is 12.1 Å². The summed E-state index contributed by atoms with van der Waals surface area (Å²) < 4.78 is 0. The zero-order valence-electron chi connectivity index (χ0n) is 15.4. The van der Waals surface area contributed by atoms with Crippen LogP contribution in [0.5, 0.6) is 0 Å². The topological polar surface area (TPSA) is 66.7 Å². The van der Waals surface area contributed by atoms with Gasteiger partial charge in [0.2, 0.25) is 0 Å². The van der Waals surface area contributed by atoms with Gasteiger partial charge in [0.1, 0.15) is 0 Å². The molecule has 0 aromatic heterocycles. The van der Waals surface area contributed by atoms with Crippen molar-refractivity contribution in [1.29, 1.82) is 0 Å². The van der Waals surface area contributed by atoms with Gasteiger partial charge in [-0.2, -0.15) is 0 Å². The van der Waals surface area contributed by atoms with E-state index in [1.54, 1.807) is 12.1 Å². The average molecular weight is 373 g/mol. The Labute approximate surface area is 162 Å². The maximum absolute atomic E-state index is 13.2. The minimum atomic E-state index is -0.473. The standard InChI is InChI=1S/C22H19N3O3/c1-23(22(26)18-12-14-19(15-13-18)25(27)28)24-20-8-4-2-6-16(20)10-11-17-7-3-5-9-21(17)24/h2-9,12-15H,10-11H2,1H3. The minimum absolute atomic E-state index is 0.0373. The molecule has 28 heavy (non-hydrogen) atoms. The molecule has 1 heterocycles. The zero-order chi connectivity index (χ0) is 19.7. The van der Waals surface area contributed by atoms with Crippen molar-refractivity contribution in [2.75, 3.05) is 12.1 Å². The quantitative estimate of drug-likeness (QED) is 0.500. The summed E-state index contributed by atoms with van der Waals surface area (Å²) in [5, 5.41) is 14.4. The molecule has 6 heteroatoms. The van der Waals surface area contributed by atoms with Crippen LogP contribution in [0.4, 0.5) is 17.1 Å². The Morgan fingerprint density at radius 1 is 0.893 bits per heavy atom. The average Bonchev–Trinajstić information content (AvgIpc) is 2.89. The second kappa shape index (κ2) is 7.15. The summed E-state index contributed by atoms with van der Waals surface area (Å²) in [6.07, 6.45) is 1.78. The molecule has 0 aliphatic carbocycles. The number of hydrazine groups is 1. The third-order valence-electron chi connectivity index (χ3n) is 5.02. The molecule has 0 N–H and O–H groups in total. The number of benzene rings is 3. The molecule has 140 valence electrons. The number of rotatable bonds is 3. The van der Waals surface area contributed by atoms with Gasteiger partial charge in [0, 0.05) is 24.7 Å². The van der Waals surface area contributed by atoms with Gasteiger partial charge in [0.05, 0.1) is 16.3 Å². The highest BCUT2D eigenvalue weighted by Gasteiger charge is 2.27. The number of aryl methyl sites for hydroxylation is 2. The summed E-state index contributed by atoms with van der Waals surface area (Å²) in [5.74, 6) is -0.235. The highest BCUT2D eigenvalue weighted by molar-refractivity contribution is 5.96. The summed E-state index contributed by atoms with van der Waals surface area (Å²) >= 11 is 0. The molecule has 0 atom stereocenters. The number of para-hydroxylation sites is 2. The molecule has 6 nitrogen and oxygen atoms in total. The number of hydrogen-bond acceptors (Lipinski definition) is 4. The van der Waals surface area contributed by atoms with Gasteiger partial charge in [-0.05, 0) is 48.2 Å². The molecule has 3 aromatic carbocycles. The molecule has 0 radical (unpaired) electrons. The van der Waals surface area contributed by atoms with Crippen LogP contribution in [0.1, 0.15) is 21.5 Å². The SMILES string of the molecule is CN(C(=O)c1ccc([N+](=O)[O-])cc1)N1c2ccccc2CCc2ccccc21. The molecule has 0 fully saturated rings. The van der Waals surface area contributed by atoms with Crippen molar-refractivity contribution < 1.29 is 9.72 Å². The summed E-state index contributed by atoms with van der Waals surface area (Å²) in [5.41, 5.74) is 4.62. The first-order valence-corrected chi connectivity index (χ1v) is 9.04. The van der Waals surface area contributed by atoms with Crippen LogP contribution in [0.2, 0.25) is 0 Å². The second-order valence-corrected chi connectivity index (χ2v) is 6.70. The number of nitro groups is 1. The number of amides is 1. The lowest BCUT2D eigenvalue weighted by Crippen LogP contribution is -2.41. The van der Waals surface area contributed by atoms with E-state index in [4.69, 9.17) is 0 Å². The predicted octanol–water partition coefficient (Wildman–Crippen LogP) is 4.52. The second-order valence-electron chi connectivity index (χ2n) is 6.70. The zero-order valence-corrected chi connectivity index (χ0v) is 15.4. The molecule has 3 aromatic rings. The van der Waals surface area contributed by atoms with E-state index in [1.807, 2.05) is 41.4 Å². The fraction of sp³-hybridized carbons (Fsp3) is 0.136. The van der Waals surface area contributed by atoms with Gasteiger partial charge in [-0.25, -0.2) is 5.01 Å². The third kappa shape index (κ3) is 3.09. The number of nitro benzene ring substituents is 1. The lowest BCUT2D eigenvalue weighted by atomic mass is 10.0. The van der Waals surface area contributed by atoms with Crippen LogP contribution < -0.4 is 5.01 Å². The lowest BCUT2D eigenvalue weighted by Gasteiger charge is -2.35. The van der Waals surface area contributed by atoms with Crippen molar-refractivity contribution in [3.05, 3.63) is 99.6 Å². The van der Waals surface area contributed by atoms with Crippen LogP contribution in [0.3, 0.4) is 0 Å². The van der Waals surface area contributed by atoms with Crippen molar-refractivity contribution in [1.82, 2.24) is 5.01 Å². The van der Waals surface area contributed by atoms with Gasteiger partial charge in [0.25, 0.3) is 11.6 Å². The van der Waals surface area contributed by atoms with Crippen molar-refractivity contribution in [3.63, 3.8) is 0 Å². The minimum Gasteiger partial charge on any atom is -0.267 e. The first-order valence-electron chi connectivity index (χ1n) is 9.04. The monoisotopic (exact) mass is 373 g/mol. The van der Waals surface area contributed by atoms with Gasteiger partial charge in [-0.15, -0.1) is 0 Å². The largest absolute Gasteiger partial charge is 0.272 e. The molecule has 1 aliphatic rings. The van der Waals surface area contributed by atoms with Gasteiger partial charge in [-0.3, -0.25) is 19.9 Å². The molecule has 0 spiro atoms. The van der Waals surface area contributed by atoms with Crippen molar-refractivity contribution in [2.45, 2.75) is 12.8 Å². The number of carbonyl (C=O) groups excluding carboxylic acids is 1. The van der Waals surface area contributed by atoms with Crippen LogP contribution in [0, 0.1) is 10.1 Å². The number of anilines is 2. The Bertz CT molecular complexity index is 999. The van der Waals surface area contributed by atoms with Crippen LogP contribution >= 0.6 is 0 Å². The smallest absolute Gasteiger partial charge is 0.267 e. The molecule has 4 rings (SSSR count). The fourth-order valence-electron chi connectivity index (χ4n) is 3.58. The summed E-state index contributed by atoms with van der Waals surface area (Å²) in [6, 6.07) is 21.8. The van der Waals surface area contributed by atoms with E-state index in [-0.39, 0.29) is 11.6 Å². The maximum Gasteiger partial charge on any atom is 0.272 e. The van der Waals surface area contributed by atoms with E-state index in [0.29, 0.717) is 5.56 Å². The molecule has 0 saturated carbocycles. The lowest BCUT2D eigenvalue weighted by molar-refractivity contribution is -0.384. The Kier molecular flexibility index (Phi) is 4.53. The number of hydrogen-bond donors (Lipinski definition) is 0. The Balaban J connectivity index is 1.76. The molecular weight excluding hydrogens is 354 g/mol. The molecule has 0 bridgehead atoms. The first kappa shape index (κ1) is 17.7. The van der Waals surface area contributed by atoms with Gasteiger partial charge in [-0.1, -0.05) is 36.4 Å². The highest BCUT2D eigenvalue weighted by Crippen LogP contribution is 2.37. The maximum atomic E-state index is 13.2. The van der Waals surface area contributed by atoms with E-state index in [1.165, 1.54) is 35.4 Å². The fourth-order valence-corrected chi connectivity index (χ4v) is 3.58. The van der Waals surface area contributed by atoms with Crippen LogP contribution in [0.15, 0.2) is 72.8 Å². The summed E-state index contributed by atoms with van der Waals surface area (Å²) in [4.78, 5) is 23.6. The van der Waals surface area contributed by atoms with Crippen LogP contribution in [-0.4, -0.2) is 22.9 Å². The molecule has 0 saturated heterocycles. The molecule has 0 unspecified atom stereocenters. The Hall–Kier alpha value is -3.67. The number of non-ortho nitro benzene ring substituents is 1. The third-order valence-corrected chi connectivity index (χ3v) is 5.02. The predicted molar refractivity (Wildman–Crippen MR) is 108 cm³/mol. The molecule has 1 aliphatic heterocycles. The van der Waals surface area contributed by atoms with Crippen molar-refractivity contribution in [2.24, 2.45) is 0 Å². The molecule has 1 amide bonds. The van der Waals surface area contributed by atoms with Gasteiger partial charge in [0.15, 0.2) is 0 Å². The number of nitrogens with zero attached hydrogens (tertiary/aromatic N) is 3. The summed E-state index contributed by atoms with van der Waals surface area (Å²) in [7, 11) is 1.72. The van der Waals surface area contributed by atoms with E-state index < -0.39 is 4.92 Å². The van der Waals surface area contributed by atoms with E-state index in [9.17, 15) is 14.9 Å². The van der Waals surface area contributed by atoms with Crippen LogP contribution in [0.25, 0.3) is 0 Å². The van der Waals surface area contributed by atoms with Gasteiger partial charge >= 0.3 is 0 Å². The molecular formula is C22H19N3O3. The first-order chi connectivity index (χ1) is 13.6. The number of carbonyl (C=O) groups is 1. The summed E-state index contributed by atoms with van der Waals surface area (Å²) in [6.45, 7) is 0. The van der Waals surface area contributed by atoms with Crippen molar-refractivity contribution in [3.8, 4) is 0 Å². The van der Waals surface area contributed by atoms with Crippen LogP contribution in [-0.2, 0) is 12.8 Å². The normalized spacial score (nSPS) is 12.5. The Morgan fingerprint density at radius 2 is 1.39 bits per heavy atom. The van der Waals surface area contributed by atoms with Crippen molar-refractivity contribution >= 4 is 23.0 Å². The van der Waals surface area contributed by atoms with E-state index >= 15 is 0 Å². The van der Waals surface area contributed by atoms with E-state index in [0.717, 1.165) is 24.2 Å². The Morgan fingerprint density at radius 3 is 1.89 bits per heavy atom. The van der Waals surface area contributed by atoms with Gasteiger partial charge < -0.3 is 0 Å². The highest BCUT2D eigenvalue weighted by atomic mass is 16.6. The number of fused-ring (bicyclic) bond motifs is 2.